The molecule has 2 saturated carbocycles. The minimum Gasteiger partial charge on any atom is -0.465 e. The minimum absolute atomic E-state index is 0.302. The van der Waals surface area contributed by atoms with Crippen LogP contribution in [0.1, 0.15) is 36.0 Å². The zero-order chi connectivity index (χ0) is 14.1. The Morgan fingerprint density at radius 3 is 2.35 bits per heavy atom. The third-order valence-electron chi connectivity index (χ3n) is 4.14. The van der Waals surface area contributed by atoms with Gasteiger partial charge in [0, 0.05) is 13.1 Å². The normalized spacial score (nSPS) is 17.9. The predicted molar refractivity (Wildman–Crippen MR) is 79.9 cm³/mol. The van der Waals surface area contributed by atoms with Crippen LogP contribution in [0.5, 0.6) is 0 Å². The number of rotatable bonds is 6. The van der Waals surface area contributed by atoms with Gasteiger partial charge in [-0.2, -0.15) is 0 Å². The van der Waals surface area contributed by atoms with E-state index in [2.05, 4.69) is 4.90 Å². The fourth-order valence-electron chi connectivity index (χ4n) is 2.67. The van der Waals surface area contributed by atoms with E-state index in [1.54, 1.807) is 0 Å². The Kier molecular flexibility index (Phi) is 3.55. The average molecular weight is 274 g/mol. The lowest BCUT2D eigenvalue weighted by Crippen LogP contribution is -2.30. The smallest absolute Gasteiger partial charge is 0.340 e. The largest absolute Gasteiger partial charge is 0.465 e. The van der Waals surface area contributed by atoms with Gasteiger partial charge in [0.15, 0.2) is 0 Å². The summed E-state index contributed by atoms with van der Waals surface area (Å²) in [6.07, 6.45) is 5.17. The van der Waals surface area contributed by atoms with Gasteiger partial charge in [-0.25, -0.2) is 4.79 Å². The van der Waals surface area contributed by atoms with Crippen molar-refractivity contribution in [3.05, 3.63) is 23.8 Å². The lowest BCUT2D eigenvalue weighted by molar-refractivity contribution is 0.0601. The predicted octanol–water partition coefficient (Wildman–Crippen LogP) is 2.68. The number of carbonyl (C=O) groups is 1. The van der Waals surface area contributed by atoms with E-state index < -0.39 is 0 Å². The number of nitrogens with zero attached hydrogens (tertiary/aromatic N) is 1. The van der Waals surface area contributed by atoms with Crippen molar-refractivity contribution in [2.45, 2.75) is 25.7 Å². The SMILES string of the molecule is COC(=O)c1cccc(N)c1N(CC1CC1)CC1CC1. The fraction of sp³-hybridized carbons (Fsp3) is 0.562. The number of para-hydroxylation sites is 1. The number of ether oxygens (including phenoxy) is 1. The molecule has 0 bridgehead atoms. The first-order chi connectivity index (χ1) is 9.69. The van der Waals surface area contributed by atoms with Gasteiger partial charge in [0.25, 0.3) is 0 Å². The molecule has 3 rings (SSSR count). The van der Waals surface area contributed by atoms with Gasteiger partial charge < -0.3 is 15.4 Å². The van der Waals surface area contributed by atoms with E-state index in [4.69, 9.17) is 10.5 Å². The molecule has 20 heavy (non-hydrogen) atoms. The van der Waals surface area contributed by atoms with E-state index in [0.717, 1.165) is 30.6 Å². The molecule has 0 amide bonds. The molecule has 2 aliphatic carbocycles. The van der Waals surface area contributed by atoms with E-state index in [1.807, 2.05) is 18.2 Å². The monoisotopic (exact) mass is 274 g/mol. The van der Waals surface area contributed by atoms with Crippen molar-refractivity contribution in [2.24, 2.45) is 11.8 Å². The van der Waals surface area contributed by atoms with Crippen LogP contribution >= 0.6 is 0 Å². The highest BCUT2D eigenvalue weighted by Gasteiger charge is 2.31. The Hall–Kier alpha value is -1.71. The van der Waals surface area contributed by atoms with Gasteiger partial charge in [-0.15, -0.1) is 0 Å². The van der Waals surface area contributed by atoms with Crippen LogP contribution in [0.3, 0.4) is 0 Å². The van der Waals surface area contributed by atoms with Crippen LogP contribution < -0.4 is 10.6 Å². The summed E-state index contributed by atoms with van der Waals surface area (Å²) in [6, 6.07) is 5.50. The molecule has 0 spiro atoms. The Bertz CT molecular complexity index is 493. The number of hydrogen-bond donors (Lipinski definition) is 1. The maximum atomic E-state index is 12.0. The van der Waals surface area contributed by atoms with Crippen molar-refractivity contribution in [3.8, 4) is 0 Å². The van der Waals surface area contributed by atoms with E-state index in [9.17, 15) is 4.79 Å². The summed E-state index contributed by atoms with van der Waals surface area (Å²) >= 11 is 0. The van der Waals surface area contributed by atoms with Crippen molar-refractivity contribution in [1.29, 1.82) is 0 Å². The molecule has 2 N–H and O–H groups in total. The van der Waals surface area contributed by atoms with Crippen LogP contribution in [0, 0.1) is 11.8 Å². The number of carbonyl (C=O) groups excluding carboxylic acids is 1. The van der Waals surface area contributed by atoms with Crippen molar-refractivity contribution in [1.82, 2.24) is 0 Å². The van der Waals surface area contributed by atoms with Crippen molar-refractivity contribution in [3.63, 3.8) is 0 Å². The zero-order valence-corrected chi connectivity index (χ0v) is 12.0. The van der Waals surface area contributed by atoms with Crippen LogP contribution in [-0.4, -0.2) is 26.2 Å². The molecule has 0 aliphatic heterocycles. The number of hydrogen-bond acceptors (Lipinski definition) is 4. The minimum atomic E-state index is -0.302. The molecule has 1 aromatic rings. The first kappa shape index (κ1) is 13.3. The standard InChI is InChI=1S/C16H22N2O2/c1-20-16(19)13-3-2-4-14(17)15(13)18(9-11-5-6-11)10-12-7-8-12/h2-4,11-12H,5-10,17H2,1H3. The van der Waals surface area contributed by atoms with Crippen molar-refractivity contribution in [2.75, 3.05) is 30.8 Å². The van der Waals surface area contributed by atoms with Gasteiger partial charge in [-0.3, -0.25) is 0 Å². The molecule has 2 aliphatic rings. The van der Waals surface area contributed by atoms with Gasteiger partial charge in [0.1, 0.15) is 0 Å². The Morgan fingerprint density at radius 1 is 1.25 bits per heavy atom. The van der Waals surface area contributed by atoms with Crippen molar-refractivity contribution >= 4 is 17.3 Å². The summed E-state index contributed by atoms with van der Waals surface area (Å²) in [5, 5.41) is 0. The molecular weight excluding hydrogens is 252 g/mol. The van der Waals surface area contributed by atoms with Gasteiger partial charge in [0.2, 0.25) is 0 Å². The molecular formula is C16H22N2O2. The number of benzene rings is 1. The molecule has 0 radical (unpaired) electrons. The molecule has 4 nitrogen and oxygen atoms in total. The Balaban J connectivity index is 1.92. The second-order valence-corrected chi connectivity index (χ2v) is 6.03. The number of nitrogen functional groups attached to an aromatic ring is 1. The van der Waals surface area contributed by atoms with Gasteiger partial charge >= 0.3 is 5.97 Å². The zero-order valence-electron chi connectivity index (χ0n) is 12.0. The van der Waals surface area contributed by atoms with Crippen LogP contribution in [-0.2, 0) is 4.74 Å². The van der Waals surface area contributed by atoms with Gasteiger partial charge in [0.05, 0.1) is 24.0 Å². The fourth-order valence-corrected chi connectivity index (χ4v) is 2.67. The summed E-state index contributed by atoms with van der Waals surface area (Å²) < 4.78 is 4.90. The number of anilines is 2. The topological polar surface area (TPSA) is 55.6 Å². The molecule has 2 fully saturated rings. The number of nitrogens with two attached hydrogens (primary N) is 1. The summed E-state index contributed by atoms with van der Waals surface area (Å²) in [5.74, 6) is 1.22. The molecule has 108 valence electrons. The summed E-state index contributed by atoms with van der Waals surface area (Å²) in [5.41, 5.74) is 8.30. The average Bonchev–Trinajstić information content (AvgIpc) is 3.32. The summed E-state index contributed by atoms with van der Waals surface area (Å²) in [7, 11) is 1.42. The first-order valence-electron chi connectivity index (χ1n) is 7.40. The molecule has 0 aromatic heterocycles. The summed E-state index contributed by atoms with van der Waals surface area (Å²) in [6.45, 7) is 2.02. The van der Waals surface area contributed by atoms with Gasteiger partial charge in [-0.1, -0.05) is 6.07 Å². The quantitative estimate of drug-likeness (QED) is 0.640. The van der Waals surface area contributed by atoms with Gasteiger partial charge in [-0.05, 0) is 49.7 Å². The number of methoxy groups -OCH3 is 1. The Labute approximate surface area is 119 Å². The summed E-state index contributed by atoms with van der Waals surface area (Å²) in [4.78, 5) is 14.3. The molecule has 0 heterocycles. The van der Waals surface area contributed by atoms with Crippen molar-refractivity contribution < 1.29 is 9.53 Å². The van der Waals surface area contributed by atoms with E-state index in [0.29, 0.717) is 11.3 Å². The second-order valence-electron chi connectivity index (χ2n) is 6.03. The van der Waals surface area contributed by atoms with Crippen LogP contribution in [0.2, 0.25) is 0 Å². The highest BCUT2D eigenvalue weighted by molar-refractivity contribution is 5.99. The molecule has 1 aromatic carbocycles. The molecule has 0 unspecified atom stereocenters. The Morgan fingerprint density at radius 2 is 1.85 bits per heavy atom. The number of esters is 1. The second kappa shape index (κ2) is 5.35. The van der Waals surface area contributed by atoms with E-state index >= 15 is 0 Å². The van der Waals surface area contributed by atoms with Crippen LogP contribution in [0.25, 0.3) is 0 Å². The molecule has 0 atom stereocenters. The highest BCUT2D eigenvalue weighted by Crippen LogP contribution is 2.38. The van der Waals surface area contributed by atoms with E-state index in [1.165, 1.54) is 32.8 Å². The first-order valence-corrected chi connectivity index (χ1v) is 7.40. The highest BCUT2D eigenvalue weighted by atomic mass is 16.5. The third-order valence-corrected chi connectivity index (χ3v) is 4.14. The van der Waals surface area contributed by atoms with Crippen LogP contribution in [0.15, 0.2) is 18.2 Å². The molecule has 4 heteroatoms. The lowest BCUT2D eigenvalue weighted by atomic mass is 10.1. The van der Waals surface area contributed by atoms with Crippen LogP contribution in [0.4, 0.5) is 11.4 Å². The molecule has 0 saturated heterocycles. The lowest BCUT2D eigenvalue weighted by Gasteiger charge is -2.28. The maximum absolute atomic E-state index is 12.0. The van der Waals surface area contributed by atoms with E-state index in [-0.39, 0.29) is 5.97 Å². The maximum Gasteiger partial charge on any atom is 0.340 e. The third kappa shape index (κ3) is 2.89.